The highest BCUT2D eigenvalue weighted by Crippen LogP contribution is 2.10. The maximum Gasteiger partial charge on any atom is 0.239 e. The molecule has 2 saturated heterocycles. The Morgan fingerprint density at radius 1 is 1.19 bits per heavy atom. The van der Waals surface area contributed by atoms with Gasteiger partial charge in [0.15, 0.2) is 0 Å². The van der Waals surface area contributed by atoms with Crippen molar-refractivity contribution in [3.8, 4) is 0 Å². The summed E-state index contributed by atoms with van der Waals surface area (Å²) in [5.74, 6) is 0.301. The fourth-order valence-corrected chi connectivity index (χ4v) is 2.70. The maximum atomic E-state index is 12.2. The summed E-state index contributed by atoms with van der Waals surface area (Å²) in [7, 11) is 0. The summed E-state index contributed by atoms with van der Waals surface area (Å²) in [6, 6.07) is 0.0231. The van der Waals surface area contributed by atoms with Crippen LogP contribution in [0, 0.1) is 0 Å². The Morgan fingerprint density at radius 3 is 2.38 bits per heavy atom. The molecule has 0 aromatic heterocycles. The van der Waals surface area contributed by atoms with Crippen LogP contribution in [0.1, 0.15) is 19.8 Å². The summed E-state index contributed by atoms with van der Waals surface area (Å²) in [4.78, 5) is 27.7. The largest absolute Gasteiger partial charge is 0.355 e. The van der Waals surface area contributed by atoms with Gasteiger partial charge in [-0.1, -0.05) is 0 Å². The standard InChI is InChI=1S/C13H24N4O2.2ClH/c1-2-14-12(18)10-16-6-8-17(9-7-16)13(19)11-4-3-5-15-11;;/h11,15H,2-10H2,1H3,(H,14,18);2*1H/t11-;;/m0../s1. The van der Waals surface area contributed by atoms with E-state index in [9.17, 15) is 9.59 Å². The smallest absolute Gasteiger partial charge is 0.239 e. The predicted molar refractivity (Wildman–Crippen MR) is 87.2 cm³/mol. The number of amides is 2. The van der Waals surface area contributed by atoms with Gasteiger partial charge in [-0.05, 0) is 26.3 Å². The van der Waals surface area contributed by atoms with E-state index < -0.39 is 0 Å². The van der Waals surface area contributed by atoms with E-state index in [2.05, 4.69) is 15.5 Å². The minimum absolute atomic E-state index is 0. The number of rotatable bonds is 4. The van der Waals surface area contributed by atoms with Crippen LogP contribution >= 0.6 is 24.8 Å². The van der Waals surface area contributed by atoms with Gasteiger partial charge in [-0.15, -0.1) is 24.8 Å². The first-order valence-electron chi connectivity index (χ1n) is 7.22. The lowest BCUT2D eigenvalue weighted by Crippen LogP contribution is -2.54. The minimum atomic E-state index is 0. The molecule has 2 aliphatic heterocycles. The molecule has 0 radical (unpaired) electrons. The van der Waals surface area contributed by atoms with Gasteiger partial charge in [0.1, 0.15) is 0 Å². The third kappa shape index (κ3) is 5.98. The second-order valence-electron chi connectivity index (χ2n) is 5.20. The second-order valence-corrected chi connectivity index (χ2v) is 5.20. The Bertz CT molecular complexity index is 330. The van der Waals surface area contributed by atoms with Crippen LogP contribution in [0.5, 0.6) is 0 Å². The van der Waals surface area contributed by atoms with Gasteiger partial charge in [0.05, 0.1) is 12.6 Å². The Hall–Kier alpha value is -0.560. The van der Waals surface area contributed by atoms with Crippen LogP contribution in [-0.2, 0) is 9.59 Å². The van der Waals surface area contributed by atoms with Crippen molar-refractivity contribution in [2.24, 2.45) is 0 Å². The average Bonchev–Trinajstić information content (AvgIpc) is 2.93. The molecule has 2 heterocycles. The molecule has 2 amide bonds. The highest BCUT2D eigenvalue weighted by molar-refractivity contribution is 5.85. The van der Waals surface area contributed by atoms with Crippen molar-refractivity contribution in [3.05, 3.63) is 0 Å². The fourth-order valence-electron chi connectivity index (χ4n) is 2.70. The summed E-state index contributed by atoms with van der Waals surface area (Å²) in [6.07, 6.45) is 2.05. The van der Waals surface area contributed by atoms with E-state index in [0.717, 1.165) is 45.6 Å². The van der Waals surface area contributed by atoms with Crippen molar-refractivity contribution in [2.45, 2.75) is 25.8 Å². The molecule has 2 rings (SSSR count). The molecule has 0 spiro atoms. The van der Waals surface area contributed by atoms with Crippen LogP contribution in [0.25, 0.3) is 0 Å². The van der Waals surface area contributed by atoms with Gasteiger partial charge in [0, 0.05) is 32.7 Å². The van der Waals surface area contributed by atoms with Crippen LogP contribution < -0.4 is 10.6 Å². The number of piperazine rings is 1. The van der Waals surface area contributed by atoms with E-state index in [1.54, 1.807) is 0 Å². The average molecular weight is 341 g/mol. The second kappa shape index (κ2) is 10.2. The molecule has 8 heteroatoms. The van der Waals surface area contributed by atoms with Crippen LogP contribution in [0.3, 0.4) is 0 Å². The molecule has 6 nitrogen and oxygen atoms in total. The van der Waals surface area contributed by atoms with Crippen molar-refractivity contribution in [3.63, 3.8) is 0 Å². The maximum absolute atomic E-state index is 12.2. The lowest BCUT2D eigenvalue weighted by atomic mass is 10.2. The molecule has 0 unspecified atom stereocenters. The first-order chi connectivity index (χ1) is 9.20. The molecule has 0 aliphatic carbocycles. The van der Waals surface area contributed by atoms with Crippen molar-refractivity contribution >= 4 is 36.6 Å². The molecule has 1 atom stereocenters. The molecule has 0 aromatic rings. The summed E-state index contributed by atoms with van der Waals surface area (Å²) in [6.45, 7) is 7.02. The number of halogens is 2. The molecule has 2 fully saturated rings. The Kier molecular flexibility index (Phi) is 9.94. The van der Waals surface area contributed by atoms with E-state index >= 15 is 0 Å². The van der Waals surface area contributed by atoms with Gasteiger partial charge in [-0.3, -0.25) is 14.5 Å². The number of nitrogens with zero attached hydrogens (tertiary/aromatic N) is 2. The Morgan fingerprint density at radius 2 is 1.86 bits per heavy atom. The molecule has 21 heavy (non-hydrogen) atoms. The molecule has 2 aliphatic rings. The third-order valence-corrected chi connectivity index (χ3v) is 3.78. The van der Waals surface area contributed by atoms with Gasteiger partial charge in [0.25, 0.3) is 0 Å². The summed E-state index contributed by atoms with van der Waals surface area (Å²) >= 11 is 0. The number of nitrogens with one attached hydrogen (secondary N) is 2. The zero-order valence-electron chi connectivity index (χ0n) is 12.5. The van der Waals surface area contributed by atoms with Crippen molar-refractivity contribution < 1.29 is 9.59 Å². The summed E-state index contributed by atoms with van der Waals surface area (Å²) in [5.41, 5.74) is 0. The van der Waals surface area contributed by atoms with Crippen LogP contribution in [0.2, 0.25) is 0 Å². The molecular formula is C13H26Cl2N4O2. The number of hydrogen-bond donors (Lipinski definition) is 2. The number of hydrogen-bond acceptors (Lipinski definition) is 4. The van der Waals surface area contributed by atoms with E-state index in [0.29, 0.717) is 13.1 Å². The molecule has 0 saturated carbocycles. The monoisotopic (exact) mass is 340 g/mol. The highest BCUT2D eigenvalue weighted by atomic mass is 35.5. The molecular weight excluding hydrogens is 315 g/mol. The van der Waals surface area contributed by atoms with Crippen molar-refractivity contribution in [1.82, 2.24) is 20.4 Å². The molecule has 0 bridgehead atoms. The van der Waals surface area contributed by atoms with Crippen LogP contribution in [0.15, 0.2) is 0 Å². The minimum Gasteiger partial charge on any atom is -0.355 e. The van der Waals surface area contributed by atoms with E-state index in [4.69, 9.17) is 0 Å². The van der Waals surface area contributed by atoms with E-state index in [1.807, 2.05) is 11.8 Å². The number of carbonyl (C=O) groups is 2. The van der Waals surface area contributed by atoms with Crippen molar-refractivity contribution in [1.29, 1.82) is 0 Å². The van der Waals surface area contributed by atoms with Crippen molar-refractivity contribution in [2.75, 3.05) is 45.8 Å². The topological polar surface area (TPSA) is 64.7 Å². The molecule has 124 valence electrons. The lowest BCUT2D eigenvalue weighted by molar-refractivity contribution is -0.135. The highest BCUT2D eigenvalue weighted by Gasteiger charge is 2.29. The van der Waals surface area contributed by atoms with Gasteiger partial charge in [0.2, 0.25) is 11.8 Å². The first-order valence-corrected chi connectivity index (χ1v) is 7.22. The van der Waals surface area contributed by atoms with Crippen LogP contribution in [-0.4, -0.2) is 73.5 Å². The first kappa shape index (κ1) is 20.4. The zero-order valence-corrected chi connectivity index (χ0v) is 14.1. The Balaban J connectivity index is 0.00000200. The van der Waals surface area contributed by atoms with Gasteiger partial charge in [-0.25, -0.2) is 0 Å². The quantitative estimate of drug-likeness (QED) is 0.747. The SMILES string of the molecule is CCNC(=O)CN1CCN(C(=O)[C@@H]2CCCN2)CC1.Cl.Cl. The van der Waals surface area contributed by atoms with E-state index in [1.165, 1.54) is 0 Å². The summed E-state index contributed by atoms with van der Waals surface area (Å²) in [5, 5.41) is 6.05. The van der Waals surface area contributed by atoms with E-state index in [-0.39, 0.29) is 42.7 Å². The third-order valence-electron chi connectivity index (χ3n) is 3.78. The fraction of sp³-hybridized carbons (Fsp3) is 0.846. The number of carbonyl (C=O) groups excluding carboxylic acids is 2. The van der Waals surface area contributed by atoms with Gasteiger partial charge in [-0.2, -0.15) is 0 Å². The summed E-state index contributed by atoms with van der Waals surface area (Å²) < 4.78 is 0. The molecule has 0 aromatic carbocycles. The van der Waals surface area contributed by atoms with Gasteiger partial charge >= 0.3 is 0 Å². The van der Waals surface area contributed by atoms with Crippen LogP contribution in [0.4, 0.5) is 0 Å². The van der Waals surface area contributed by atoms with Gasteiger partial charge < -0.3 is 15.5 Å². The normalized spacial score (nSPS) is 22.1. The zero-order chi connectivity index (χ0) is 13.7. The molecule has 2 N–H and O–H groups in total. The Labute approximate surface area is 138 Å². The lowest BCUT2D eigenvalue weighted by Gasteiger charge is -2.35. The predicted octanol–water partition coefficient (Wildman–Crippen LogP) is -0.138. The number of likely N-dealkylation sites (N-methyl/N-ethyl adjacent to an activating group) is 1.